The minimum Gasteiger partial charge on any atom is -0.389 e. The highest BCUT2D eigenvalue weighted by Crippen LogP contribution is 2.02. The van der Waals surface area contributed by atoms with Crippen LogP contribution in [0.4, 0.5) is 0 Å². The number of nitrogens with one attached hydrogen (secondary N) is 1. The molecule has 0 unspecified atom stereocenters. The SMILES string of the molecule is CC(C)(O)CNCc1ccnc(C#N)c1. The summed E-state index contributed by atoms with van der Waals surface area (Å²) in [6.45, 7) is 4.62. The zero-order valence-corrected chi connectivity index (χ0v) is 8.99. The fourth-order valence-corrected chi connectivity index (χ4v) is 1.16. The van der Waals surface area contributed by atoms with Crippen LogP contribution >= 0.6 is 0 Å². The maximum Gasteiger partial charge on any atom is 0.140 e. The van der Waals surface area contributed by atoms with Gasteiger partial charge in [0.25, 0.3) is 0 Å². The number of pyridine rings is 1. The molecule has 0 aliphatic carbocycles. The zero-order valence-electron chi connectivity index (χ0n) is 8.99. The van der Waals surface area contributed by atoms with Crippen molar-refractivity contribution in [2.24, 2.45) is 0 Å². The minimum absolute atomic E-state index is 0.414. The molecule has 0 aliphatic heterocycles. The lowest BCUT2D eigenvalue weighted by Gasteiger charge is -2.17. The monoisotopic (exact) mass is 205 g/mol. The van der Waals surface area contributed by atoms with Gasteiger partial charge < -0.3 is 10.4 Å². The van der Waals surface area contributed by atoms with Gasteiger partial charge in [0, 0.05) is 19.3 Å². The van der Waals surface area contributed by atoms with E-state index >= 15 is 0 Å². The van der Waals surface area contributed by atoms with Crippen molar-refractivity contribution in [2.75, 3.05) is 6.54 Å². The molecular weight excluding hydrogens is 190 g/mol. The minimum atomic E-state index is -0.717. The lowest BCUT2D eigenvalue weighted by molar-refractivity contribution is 0.0795. The molecule has 1 aromatic rings. The second-order valence-corrected chi connectivity index (χ2v) is 4.08. The Morgan fingerprint density at radius 1 is 1.60 bits per heavy atom. The van der Waals surface area contributed by atoms with Crippen molar-refractivity contribution in [1.82, 2.24) is 10.3 Å². The van der Waals surface area contributed by atoms with E-state index in [1.165, 1.54) is 0 Å². The molecule has 0 saturated carbocycles. The van der Waals surface area contributed by atoms with Crippen molar-refractivity contribution in [3.8, 4) is 6.07 Å². The first-order chi connectivity index (χ1) is 7.01. The van der Waals surface area contributed by atoms with Crippen LogP contribution in [-0.4, -0.2) is 22.2 Å². The smallest absolute Gasteiger partial charge is 0.140 e. The summed E-state index contributed by atoms with van der Waals surface area (Å²) in [7, 11) is 0. The Labute approximate surface area is 89.6 Å². The Balaban J connectivity index is 2.48. The van der Waals surface area contributed by atoms with E-state index in [4.69, 9.17) is 5.26 Å². The fourth-order valence-electron chi connectivity index (χ4n) is 1.16. The number of rotatable bonds is 4. The van der Waals surface area contributed by atoms with Crippen molar-refractivity contribution in [1.29, 1.82) is 5.26 Å². The van der Waals surface area contributed by atoms with Crippen LogP contribution in [0.25, 0.3) is 0 Å². The molecule has 0 aromatic carbocycles. The van der Waals surface area contributed by atoms with E-state index in [-0.39, 0.29) is 0 Å². The largest absolute Gasteiger partial charge is 0.389 e. The zero-order chi connectivity index (χ0) is 11.3. The molecule has 1 aromatic heterocycles. The molecule has 0 bridgehead atoms. The first-order valence-corrected chi connectivity index (χ1v) is 4.79. The van der Waals surface area contributed by atoms with Gasteiger partial charge in [-0.3, -0.25) is 0 Å². The van der Waals surface area contributed by atoms with Gasteiger partial charge >= 0.3 is 0 Å². The lowest BCUT2D eigenvalue weighted by atomic mass is 10.1. The van der Waals surface area contributed by atoms with E-state index in [2.05, 4.69) is 10.3 Å². The molecule has 1 heterocycles. The van der Waals surface area contributed by atoms with E-state index in [0.29, 0.717) is 18.8 Å². The highest BCUT2D eigenvalue weighted by molar-refractivity contribution is 5.25. The Morgan fingerprint density at radius 3 is 2.93 bits per heavy atom. The van der Waals surface area contributed by atoms with Gasteiger partial charge in [-0.2, -0.15) is 5.26 Å². The first kappa shape index (κ1) is 11.6. The first-order valence-electron chi connectivity index (χ1n) is 4.79. The van der Waals surface area contributed by atoms with Gasteiger partial charge in [-0.15, -0.1) is 0 Å². The summed E-state index contributed by atoms with van der Waals surface area (Å²) in [5.41, 5.74) is 0.689. The van der Waals surface area contributed by atoms with Gasteiger partial charge in [0.05, 0.1) is 5.60 Å². The molecule has 1 rings (SSSR count). The fraction of sp³-hybridized carbons (Fsp3) is 0.455. The summed E-state index contributed by atoms with van der Waals surface area (Å²) in [6.07, 6.45) is 1.61. The van der Waals surface area contributed by atoms with E-state index in [1.54, 1.807) is 26.1 Å². The maximum atomic E-state index is 9.47. The van der Waals surface area contributed by atoms with Gasteiger partial charge in [0.15, 0.2) is 0 Å². The molecule has 2 N–H and O–H groups in total. The van der Waals surface area contributed by atoms with Crippen molar-refractivity contribution in [2.45, 2.75) is 26.0 Å². The molecule has 80 valence electrons. The Kier molecular flexibility index (Phi) is 3.78. The van der Waals surface area contributed by atoms with Crippen LogP contribution in [0.1, 0.15) is 25.1 Å². The van der Waals surface area contributed by atoms with Crippen LogP contribution in [0.3, 0.4) is 0 Å². The molecule has 0 atom stereocenters. The van der Waals surface area contributed by atoms with E-state index in [1.807, 2.05) is 12.1 Å². The molecular formula is C11H15N3O. The quantitative estimate of drug-likeness (QED) is 0.763. The topological polar surface area (TPSA) is 68.9 Å². The number of aromatic nitrogens is 1. The third-order valence-electron chi connectivity index (χ3n) is 1.83. The van der Waals surface area contributed by atoms with Crippen LogP contribution in [0.2, 0.25) is 0 Å². The predicted molar refractivity (Wildman–Crippen MR) is 57.0 cm³/mol. The highest BCUT2D eigenvalue weighted by Gasteiger charge is 2.10. The summed E-state index contributed by atoms with van der Waals surface area (Å²) in [4.78, 5) is 3.88. The number of hydrogen-bond donors (Lipinski definition) is 2. The summed E-state index contributed by atoms with van der Waals surface area (Å²) >= 11 is 0. The predicted octanol–water partition coefficient (Wildman–Crippen LogP) is 0.814. The number of nitrogens with zero attached hydrogens (tertiary/aromatic N) is 2. The standard InChI is InChI=1S/C11H15N3O/c1-11(2,15)8-13-7-9-3-4-14-10(5-9)6-12/h3-5,13,15H,7-8H2,1-2H3. The summed E-state index contributed by atoms with van der Waals surface area (Å²) < 4.78 is 0. The Morgan fingerprint density at radius 2 is 2.33 bits per heavy atom. The summed E-state index contributed by atoms with van der Waals surface area (Å²) in [5.74, 6) is 0. The van der Waals surface area contributed by atoms with Gasteiger partial charge in [0.1, 0.15) is 11.8 Å². The molecule has 4 nitrogen and oxygen atoms in total. The summed E-state index contributed by atoms with van der Waals surface area (Å²) in [5, 5.41) is 21.2. The van der Waals surface area contributed by atoms with Gasteiger partial charge in [0.2, 0.25) is 0 Å². The van der Waals surface area contributed by atoms with Gasteiger partial charge in [-0.05, 0) is 31.5 Å². The summed E-state index contributed by atoms with van der Waals surface area (Å²) in [6, 6.07) is 5.56. The maximum absolute atomic E-state index is 9.47. The van der Waals surface area contributed by atoms with Crippen molar-refractivity contribution >= 4 is 0 Å². The number of nitriles is 1. The normalized spacial score (nSPS) is 11.1. The van der Waals surface area contributed by atoms with Gasteiger partial charge in [-0.25, -0.2) is 4.98 Å². The second kappa shape index (κ2) is 4.87. The van der Waals surface area contributed by atoms with Crippen LogP contribution in [0, 0.1) is 11.3 Å². The second-order valence-electron chi connectivity index (χ2n) is 4.08. The average Bonchev–Trinajstić information content (AvgIpc) is 2.16. The Hall–Kier alpha value is -1.44. The molecule has 0 fully saturated rings. The van der Waals surface area contributed by atoms with Crippen LogP contribution in [0.5, 0.6) is 0 Å². The molecule has 0 saturated heterocycles. The third kappa shape index (κ3) is 4.54. The molecule has 15 heavy (non-hydrogen) atoms. The number of hydrogen-bond acceptors (Lipinski definition) is 4. The van der Waals surface area contributed by atoms with Crippen LogP contribution < -0.4 is 5.32 Å². The van der Waals surface area contributed by atoms with Crippen LogP contribution in [0.15, 0.2) is 18.3 Å². The van der Waals surface area contributed by atoms with E-state index in [9.17, 15) is 5.11 Å². The van der Waals surface area contributed by atoms with Crippen molar-refractivity contribution < 1.29 is 5.11 Å². The highest BCUT2D eigenvalue weighted by atomic mass is 16.3. The Bertz CT molecular complexity index is 363. The van der Waals surface area contributed by atoms with Crippen molar-refractivity contribution in [3.63, 3.8) is 0 Å². The number of aliphatic hydroxyl groups is 1. The third-order valence-corrected chi connectivity index (χ3v) is 1.83. The molecule has 0 radical (unpaired) electrons. The lowest BCUT2D eigenvalue weighted by Crippen LogP contribution is -2.34. The van der Waals surface area contributed by atoms with Gasteiger partial charge in [-0.1, -0.05) is 0 Å². The molecule has 0 amide bonds. The average molecular weight is 205 g/mol. The van der Waals surface area contributed by atoms with Crippen molar-refractivity contribution in [3.05, 3.63) is 29.6 Å². The molecule has 0 spiro atoms. The van der Waals surface area contributed by atoms with E-state index in [0.717, 1.165) is 5.56 Å². The molecule has 0 aliphatic rings. The van der Waals surface area contributed by atoms with E-state index < -0.39 is 5.60 Å². The van der Waals surface area contributed by atoms with Crippen LogP contribution in [-0.2, 0) is 6.54 Å². The molecule has 4 heteroatoms.